The molecule has 0 aliphatic carbocycles. The Morgan fingerprint density at radius 3 is 2.11 bits per heavy atom. The van der Waals surface area contributed by atoms with Crippen LogP contribution in [0.5, 0.6) is 0 Å². The number of hydrogen-bond acceptors (Lipinski definition) is 8. The van der Waals surface area contributed by atoms with Crippen LogP contribution < -0.4 is 9.80 Å². The van der Waals surface area contributed by atoms with Crippen molar-refractivity contribution in [2.24, 2.45) is 0 Å². The van der Waals surface area contributed by atoms with E-state index in [-0.39, 0.29) is 0 Å². The molecule has 3 saturated heterocycles. The first-order valence-corrected chi connectivity index (χ1v) is 15.5. The van der Waals surface area contributed by atoms with Gasteiger partial charge in [0.05, 0.1) is 5.39 Å². The first kappa shape index (κ1) is 25.0. The monoisotopic (exact) mass is 541 g/mol. The van der Waals surface area contributed by atoms with Crippen LogP contribution in [0.25, 0.3) is 20.7 Å². The molecule has 2 aromatic heterocycles. The third kappa shape index (κ3) is 5.07. The molecular formula is C26H35N7O2S2. The van der Waals surface area contributed by atoms with Gasteiger partial charge in [-0.25, -0.2) is 9.97 Å². The number of benzene rings is 1. The van der Waals surface area contributed by atoms with Crippen molar-refractivity contribution in [2.75, 3.05) is 82.3 Å². The van der Waals surface area contributed by atoms with Crippen LogP contribution in [0.4, 0.5) is 11.5 Å². The minimum absolute atomic E-state index is 0.481. The lowest BCUT2D eigenvalue weighted by atomic mass is 10.1. The van der Waals surface area contributed by atoms with Crippen molar-refractivity contribution in [3.63, 3.8) is 0 Å². The fraction of sp³-hybridized carbons (Fsp3) is 0.538. The number of piperazine rings is 2. The van der Waals surface area contributed by atoms with Crippen LogP contribution in [0.2, 0.25) is 0 Å². The van der Waals surface area contributed by atoms with E-state index < -0.39 is 10.2 Å². The molecule has 0 amide bonds. The maximum Gasteiger partial charge on any atom is 0.282 e. The summed E-state index contributed by atoms with van der Waals surface area (Å²) in [7, 11) is -1.20. The van der Waals surface area contributed by atoms with Crippen LogP contribution in [-0.2, 0) is 10.2 Å². The molecule has 11 heteroatoms. The Labute approximate surface area is 223 Å². The van der Waals surface area contributed by atoms with Crippen molar-refractivity contribution in [3.8, 4) is 10.4 Å². The van der Waals surface area contributed by atoms with E-state index >= 15 is 0 Å². The average Bonchev–Trinajstić information content (AvgIpc) is 3.39. The molecule has 0 spiro atoms. The van der Waals surface area contributed by atoms with Crippen molar-refractivity contribution in [3.05, 3.63) is 36.7 Å². The van der Waals surface area contributed by atoms with Crippen LogP contribution in [0.15, 0.2) is 36.7 Å². The Morgan fingerprint density at radius 2 is 1.41 bits per heavy atom. The van der Waals surface area contributed by atoms with Crippen molar-refractivity contribution in [2.45, 2.75) is 19.3 Å². The van der Waals surface area contributed by atoms with Crippen LogP contribution in [-0.4, -0.2) is 104 Å². The molecule has 3 fully saturated rings. The Bertz CT molecular complexity index is 1320. The lowest BCUT2D eigenvalue weighted by Crippen LogP contribution is -2.54. The highest BCUT2D eigenvalue weighted by Crippen LogP contribution is 2.37. The number of fused-ring (bicyclic) bond motifs is 1. The van der Waals surface area contributed by atoms with E-state index in [9.17, 15) is 8.42 Å². The number of aromatic nitrogens is 2. The first-order chi connectivity index (χ1) is 18.0. The highest BCUT2D eigenvalue weighted by Gasteiger charge is 2.33. The van der Waals surface area contributed by atoms with Crippen molar-refractivity contribution < 1.29 is 8.42 Å². The van der Waals surface area contributed by atoms with Gasteiger partial charge in [0.25, 0.3) is 10.2 Å². The molecule has 0 N–H and O–H groups in total. The molecule has 0 bridgehead atoms. The molecule has 0 atom stereocenters. The second-order valence-electron chi connectivity index (χ2n) is 10.2. The zero-order chi connectivity index (χ0) is 25.4. The molecule has 5 heterocycles. The van der Waals surface area contributed by atoms with Gasteiger partial charge in [0.2, 0.25) is 0 Å². The second kappa shape index (κ2) is 10.5. The summed E-state index contributed by atoms with van der Waals surface area (Å²) in [6.07, 6.45) is 4.66. The lowest BCUT2D eigenvalue weighted by molar-refractivity contribution is 0.295. The first-order valence-electron chi connectivity index (χ1n) is 13.3. The number of piperidine rings is 1. The number of anilines is 2. The standard InChI is InChI=1S/C26H35N7O2S2/c1-29-11-13-30(14-12-29)22-7-5-21(6-8-22)24-19-23-25(27-20-28-26(23)36-24)31-15-17-33(18-16-31)37(34,35)32-9-3-2-4-10-32/h5-8,19-20H,2-4,9-18H2,1H3. The number of nitrogens with zero attached hydrogens (tertiary/aromatic N) is 7. The minimum Gasteiger partial charge on any atom is -0.369 e. The van der Waals surface area contributed by atoms with Gasteiger partial charge in [-0.2, -0.15) is 17.0 Å². The van der Waals surface area contributed by atoms with E-state index in [0.717, 1.165) is 61.5 Å². The zero-order valence-corrected chi connectivity index (χ0v) is 23.1. The van der Waals surface area contributed by atoms with Gasteiger partial charge in [-0.15, -0.1) is 11.3 Å². The van der Waals surface area contributed by atoms with Crippen molar-refractivity contribution >= 4 is 43.3 Å². The van der Waals surface area contributed by atoms with E-state index in [0.29, 0.717) is 39.3 Å². The van der Waals surface area contributed by atoms with Gasteiger partial charge in [0, 0.05) is 76.0 Å². The summed E-state index contributed by atoms with van der Waals surface area (Å²) in [6.45, 7) is 7.81. The topological polar surface area (TPSA) is 76.1 Å². The zero-order valence-electron chi connectivity index (χ0n) is 21.4. The van der Waals surface area contributed by atoms with E-state index in [4.69, 9.17) is 0 Å². The Morgan fingerprint density at radius 1 is 0.757 bits per heavy atom. The smallest absolute Gasteiger partial charge is 0.282 e. The molecule has 0 radical (unpaired) electrons. The summed E-state index contributed by atoms with van der Waals surface area (Å²) in [5.74, 6) is 0.900. The molecule has 198 valence electrons. The molecule has 0 unspecified atom stereocenters. The Balaban J connectivity index is 1.17. The predicted octanol–water partition coefficient (Wildman–Crippen LogP) is 2.96. The van der Waals surface area contributed by atoms with Crippen LogP contribution in [0.1, 0.15) is 19.3 Å². The van der Waals surface area contributed by atoms with Gasteiger partial charge < -0.3 is 14.7 Å². The molecule has 3 aliphatic rings. The molecular weight excluding hydrogens is 506 g/mol. The summed E-state index contributed by atoms with van der Waals surface area (Å²) in [4.78, 5) is 18.3. The number of rotatable bonds is 5. The van der Waals surface area contributed by atoms with Gasteiger partial charge in [-0.05, 0) is 43.7 Å². The van der Waals surface area contributed by atoms with Crippen molar-refractivity contribution in [1.29, 1.82) is 0 Å². The minimum atomic E-state index is -3.38. The highest BCUT2D eigenvalue weighted by molar-refractivity contribution is 7.86. The summed E-state index contributed by atoms with van der Waals surface area (Å²) in [6, 6.07) is 11.0. The molecule has 3 aliphatic heterocycles. The van der Waals surface area contributed by atoms with Gasteiger partial charge >= 0.3 is 0 Å². The lowest BCUT2D eigenvalue weighted by Gasteiger charge is -2.38. The summed E-state index contributed by atoms with van der Waals surface area (Å²) >= 11 is 1.68. The van der Waals surface area contributed by atoms with Gasteiger partial charge in [0.15, 0.2) is 0 Å². The largest absolute Gasteiger partial charge is 0.369 e. The fourth-order valence-electron chi connectivity index (χ4n) is 5.53. The number of thiophene rings is 1. The van der Waals surface area contributed by atoms with E-state index in [1.165, 1.54) is 16.1 Å². The van der Waals surface area contributed by atoms with Gasteiger partial charge in [-0.1, -0.05) is 18.6 Å². The van der Waals surface area contributed by atoms with Gasteiger partial charge in [-0.3, -0.25) is 0 Å². The molecule has 0 saturated carbocycles. The summed E-state index contributed by atoms with van der Waals surface area (Å²) < 4.78 is 29.5. The summed E-state index contributed by atoms with van der Waals surface area (Å²) in [5, 5.41) is 1.04. The normalized spacial score (nSPS) is 21.1. The number of hydrogen-bond donors (Lipinski definition) is 0. The SMILES string of the molecule is CN1CCN(c2ccc(-c3cc4c(N5CCN(S(=O)(=O)N6CCCCC6)CC5)ncnc4s3)cc2)CC1. The third-order valence-corrected chi connectivity index (χ3v) is 11.0. The predicted molar refractivity (Wildman–Crippen MR) is 151 cm³/mol. The van der Waals surface area contributed by atoms with Crippen LogP contribution in [0, 0.1) is 0 Å². The maximum atomic E-state index is 13.1. The summed E-state index contributed by atoms with van der Waals surface area (Å²) in [5.41, 5.74) is 2.46. The van der Waals surface area contributed by atoms with E-state index in [1.807, 2.05) is 0 Å². The number of likely N-dealkylation sites (N-methyl/N-ethyl adjacent to an activating group) is 1. The molecule has 6 rings (SSSR count). The molecule has 37 heavy (non-hydrogen) atoms. The molecule has 9 nitrogen and oxygen atoms in total. The molecule has 1 aromatic carbocycles. The maximum absolute atomic E-state index is 13.1. The van der Waals surface area contributed by atoms with Crippen LogP contribution in [0.3, 0.4) is 0 Å². The van der Waals surface area contributed by atoms with E-state index in [1.54, 1.807) is 26.3 Å². The molecule has 3 aromatic rings. The third-order valence-electron chi connectivity index (χ3n) is 7.83. The quantitative estimate of drug-likeness (QED) is 0.492. The van der Waals surface area contributed by atoms with Gasteiger partial charge in [0.1, 0.15) is 17.0 Å². The highest BCUT2D eigenvalue weighted by atomic mass is 32.2. The second-order valence-corrected chi connectivity index (χ2v) is 13.2. The Kier molecular flexibility index (Phi) is 7.06. The fourth-order valence-corrected chi connectivity index (χ4v) is 8.20. The van der Waals surface area contributed by atoms with E-state index in [2.05, 4.69) is 62.0 Å². The average molecular weight is 542 g/mol. The van der Waals surface area contributed by atoms with Crippen molar-refractivity contribution in [1.82, 2.24) is 23.5 Å². The Hall–Kier alpha value is -2.31. The van der Waals surface area contributed by atoms with Crippen LogP contribution >= 0.6 is 11.3 Å².